The summed E-state index contributed by atoms with van der Waals surface area (Å²) in [6.07, 6.45) is 5.06. The van der Waals surface area contributed by atoms with E-state index >= 15 is 0 Å². The molecule has 1 aromatic heterocycles. The molecule has 48 valence electrons. The average Bonchev–Trinajstić information content (AvgIpc) is 1.89. The van der Waals surface area contributed by atoms with Crippen LogP contribution >= 0.6 is 23.4 Å². The van der Waals surface area contributed by atoms with Crippen LogP contribution in [0.15, 0.2) is 17.4 Å². The average molecular weight is 161 g/mol. The summed E-state index contributed by atoms with van der Waals surface area (Å²) in [5.74, 6) is 0. The second-order valence-electron chi connectivity index (χ2n) is 1.38. The first kappa shape index (κ1) is 6.83. The monoisotopic (exact) mass is 160 g/mol. The minimum Gasteiger partial charge on any atom is -0.244 e. The highest BCUT2D eigenvalue weighted by molar-refractivity contribution is 7.98. The standard InChI is InChI=1S/C5H5ClN2S/c1-9-4-2-7-3-8-5(4)6/h2-3H,1H3. The van der Waals surface area contributed by atoms with Gasteiger partial charge in [0.2, 0.25) is 0 Å². The number of rotatable bonds is 1. The molecule has 0 aliphatic carbocycles. The van der Waals surface area contributed by atoms with Gasteiger partial charge in [0.1, 0.15) is 11.5 Å². The largest absolute Gasteiger partial charge is 0.244 e. The molecular weight excluding hydrogens is 156 g/mol. The van der Waals surface area contributed by atoms with E-state index in [-0.39, 0.29) is 0 Å². The smallest absolute Gasteiger partial charge is 0.145 e. The zero-order chi connectivity index (χ0) is 6.69. The summed E-state index contributed by atoms with van der Waals surface area (Å²) in [5.41, 5.74) is 0. The molecule has 0 spiro atoms. The minimum absolute atomic E-state index is 0.525. The van der Waals surface area contributed by atoms with Crippen LogP contribution in [0.2, 0.25) is 5.15 Å². The van der Waals surface area contributed by atoms with Crippen molar-refractivity contribution in [3.05, 3.63) is 17.7 Å². The molecule has 0 fully saturated rings. The molecule has 9 heavy (non-hydrogen) atoms. The van der Waals surface area contributed by atoms with Crippen LogP contribution in [0.25, 0.3) is 0 Å². The van der Waals surface area contributed by atoms with E-state index in [1.165, 1.54) is 18.1 Å². The van der Waals surface area contributed by atoms with Crippen molar-refractivity contribution in [1.82, 2.24) is 9.97 Å². The van der Waals surface area contributed by atoms with Crippen LogP contribution in [0.3, 0.4) is 0 Å². The zero-order valence-electron chi connectivity index (χ0n) is 4.84. The fourth-order valence-electron chi connectivity index (χ4n) is 0.439. The maximum Gasteiger partial charge on any atom is 0.145 e. The van der Waals surface area contributed by atoms with Crippen LogP contribution in [-0.4, -0.2) is 16.2 Å². The highest BCUT2D eigenvalue weighted by atomic mass is 35.5. The van der Waals surface area contributed by atoms with Crippen molar-refractivity contribution in [2.24, 2.45) is 0 Å². The van der Waals surface area contributed by atoms with Crippen LogP contribution in [-0.2, 0) is 0 Å². The lowest BCUT2D eigenvalue weighted by Crippen LogP contribution is -1.79. The summed E-state index contributed by atoms with van der Waals surface area (Å²) >= 11 is 7.19. The lowest BCUT2D eigenvalue weighted by Gasteiger charge is -1.93. The first-order valence-electron chi connectivity index (χ1n) is 2.34. The molecule has 0 amide bonds. The van der Waals surface area contributed by atoms with Crippen LogP contribution in [0.4, 0.5) is 0 Å². The molecule has 4 heteroatoms. The van der Waals surface area contributed by atoms with E-state index in [2.05, 4.69) is 9.97 Å². The van der Waals surface area contributed by atoms with E-state index in [1.54, 1.807) is 6.20 Å². The Morgan fingerprint density at radius 2 is 2.44 bits per heavy atom. The fourth-order valence-corrected chi connectivity index (χ4v) is 1.15. The second-order valence-corrected chi connectivity index (χ2v) is 2.59. The molecule has 1 rings (SSSR count). The van der Waals surface area contributed by atoms with Gasteiger partial charge in [-0.3, -0.25) is 0 Å². The zero-order valence-corrected chi connectivity index (χ0v) is 6.41. The molecule has 0 N–H and O–H groups in total. The van der Waals surface area contributed by atoms with Gasteiger partial charge in [-0.05, 0) is 6.26 Å². The number of thioether (sulfide) groups is 1. The molecule has 0 saturated heterocycles. The van der Waals surface area contributed by atoms with Crippen molar-refractivity contribution >= 4 is 23.4 Å². The van der Waals surface area contributed by atoms with Crippen molar-refractivity contribution in [2.45, 2.75) is 4.90 Å². The molecule has 0 aromatic carbocycles. The van der Waals surface area contributed by atoms with Gasteiger partial charge in [-0.15, -0.1) is 11.8 Å². The number of halogens is 1. The van der Waals surface area contributed by atoms with Crippen LogP contribution < -0.4 is 0 Å². The Morgan fingerprint density at radius 1 is 1.67 bits per heavy atom. The Balaban J connectivity index is 3.01. The predicted molar refractivity (Wildman–Crippen MR) is 38.8 cm³/mol. The maximum absolute atomic E-state index is 5.65. The number of aromatic nitrogens is 2. The minimum atomic E-state index is 0.525. The highest BCUT2D eigenvalue weighted by Gasteiger charge is 1.95. The van der Waals surface area contributed by atoms with Gasteiger partial charge in [0, 0.05) is 6.20 Å². The van der Waals surface area contributed by atoms with Gasteiger partial charge in [-0.1, -0.05) is 11.6 Å². The summed E-state index contributed by atoms with van der Waals surface area (Å²) in [6, 6.07) is 0. The molecule has 1 heterocycles. The Hall–Kier alpha value is -0.280. The lowest BCUT2D eigenvalue weighted by atomic mass is 10.7. The summed E-state index contributed by atoms with van der Waals surface area (Å²) in [6.45, 7) is 0. The Morgan fingerprint density at radius 3 is 2.89 bits per heavy atom. The van der Waals surface area contributed by atoms with Gasteiger partial charge in [-0.25, -0.2) is 9.97 Å². The third-order valence-corrected chi connectivity index (χ3v) is 2.00. The first-order valence-corrected chi connectivity index (χ1v) is 3.94. The number of hydrogen-bond acceptors (Lipinski definition) is 3. The van der Waals surface area contributed by atoms with Gasteiger partial charge in [-0.2, -0.15) is 0 Å². The van der Waals surface area contributed by atoms with Crippen molar-refractivity contribution in [3.63, 3.8) is 0 Å². The van der Waals surface area contributed by atoms with Crippen LogP contribution in [0.1, 0.15) is 0 Å². The molecule has 0 atom stereocenters. The molecule has 0 saturated carbocycles. The predicted octanol–water partition coefficient (Wildman–Crippen LogP) is 1.85. The number of nitrogens with zero attached hydrogens (tertiary/aromatic N) is 2. The molecule has 0 aliphatic rings. The molecule has 0 unspecified atom stereocenters. The fraction of sp³-hybridized carbons (Fsp3) is 0.200. The SMILES string of the molecule is CSc1cncnc1Cl. The van der Waals surface area contributed by atoms with Crippen molar-refractivity contribution in [3.8, 4) is 0 Å². The van der Waals surface area contributed by atoms with Crippen LogP contribution in [0.5, 0.6) is 0 Å². The van der Waals surface area contributed by atoms with E-state index in [4.69, 9.17) is 11.6 Å². The van der Waals surface area contributed by atoms with E-state index in [9.17, 15) is 0 Å². The third kappa shape index (κ3) is 1.56. The highest BCUT2D eigenvalue weighted by Crippen LogP contribution is 2.20. The molecule has 0 bridgehead atoms. The topological polar surface area (TPSA) is 25.8 Å². The lowest BCUT2D eigenvalue weighted by molar-refractivity contribution is 1.10. The van der Waals surface area contributed by atoms with Gasteiger partial charge >= 0.3 is 0 Å². The van der Waals surface area contributed by atoms with E-state index < -0.39 is 0 Å². The summed E-state index contributed by atoms with van der Waals surface area (Å²) in [4.78, 5) is 8.50. The van der Waals surface area contributed by atoms with Crippen molar-refractivity contribution in [2.75, 3.05) is 6.26 Å². The van der Waals surface area contributed by atoms with E-state index in [0.29, 0.717) is 5.15 Å². The summed E-state index contributed by atoms with van der Waals surface area (Å²) in [5, 5.41) is 0.525. The Bertz CT molecular complexity index is 204. The van der Waals surface area contributed by atoms with Crippen LogP contribution in [0, 0.1) is 0 Å². The first-order chi connectivity index (χ1) is 4.34. The van der Waals surface area contributed by atoms with Gasteiger partial charge in [0.25, 0.3) is 0 Å². The van der Waals surface area contributed by atoms with Gasteiger partial charge < -0.3 is 0 Å². The normalized spacial score (nSPS) is 9.56. The van der Waals surface area contributed by atoms with Gasteiger partial charge in [0.15, 0.2) is 0 Å². The maximum atomic E-state index is 5.65. The van der Waals surface area contributed by atoms with E-state index in [0.717, 1.165) is 4.90 Å². The second kappa shape index (κ2) is 3.03. The molecule has 0 aliphatic heterocycles. The molecule has 1 aromatic rings. The summed E-state index contributed by atoms with van der Waals surface area (Å²) < 4.78 is 0. The van der Waals surface area contributed by atoms with Gasteiger partial charge in [0.05, 0.1) is 4.90 Å². The molecule has 0 radical (unpaired) electrons. The molecular formula is C5H5ClN2S. The third-order valence-electron chi connectivity index (χ3n) is 0.853. The summed E-state index contributed by atoms with van der Waals surface area (Å²) in [7, 11) is 0. The number of hydrogen-bond donors (Lipinski definition) is 0. The quantitative estimate of drug-likeness (QED) is 0.463. The molecule has 2 nitrogen and oxygen atoms in total. The van der Waals surface area contributed by atoms with E-state index in [1.807, 2.05) is 6.26 Å². The van der Waals surface area contributed by atoms with Crippen molar-refractivity contribution < 1.29 is 0 Å². The Kier molecular flexibility index (Phi) is 2.30. The Labute approximate surface area is 62.7 Å². The van der Waals surface area contributed by atoms with Crippen molar-refractivity contribution in [1.29, 1.82) is 0 Å².